The Morgan fingerprint density at radius 1 is 1.00 bits per heavy atom. The van der Waals surface area contributed by atoms with Crippen LogP contribution >= 0.6 is 0 Å². The predicted molar refractivity (Wildman–Crippen MR) is 77.0 cm³/mol. The van der Waals surface area contributed by atoms with Gasteiger partial charge in [-0.15, -0.1) is 0 Å². The summed E-state index contributed by atoms with van der Waals surface area (Å²) in [5, 5.41) is 0. The zero-order chi connectivity index (χ0) is 13.7. The molecule has 0 spiro atoms. The number of ether oxygens (including phenoxy) is 1. The Morgan fingerprint density at radius 3 is 2.37 bits per heavy atom. The third-order valence-electron chi connectivity index (χ3n) is 2.79. The third-order valence-corrected chi connectivity index (χ3v) is 2.79. The minimum atomic E-state index is -0.366. The Hall–Kier alpha value is -2.35. The summed E-state index contributed by atoms with van der Waals surface area (Å²) in [6, 6.07) is 15.4. The van der Waals surface area contributed by atoms with Crippen LogP contribution in [0.1, 0.15) is 16.7 Å². The van der Waals surface area contributed by atoms with Crippen molar-refractivity contribution in [3.05, 3.63) is 71.3 Å². The lowest BCUT2D eigenvalue weighted by Crippen LogP contribution is -2.04. The highest BCUT2D eigenvalue weighted by Gasteiger charge is 2.02. The van der Waals surface area contributed by atoms with Crippen LogP contribution in [0.2, 0.25) is 0 Å². The fourth-order valence-electron chi connectivity index (χ4n) is 1.66. The normalized spacial score (nSPS) is 10.6. The van der Waals surface area contributed by atoms with Crippen molar-refractivity contribution in [2.75, 3.05) is 0 Å². The van der Waals surface area contributed by atoms with E-state index in [9.17, 15) is 4.79 Å². The summed E-state index contributed by atoms with van der Waals surface area (Å²) in [7, 11) is 0. The van der Waals surface area contributed by atoms with E-state index in [1.165, 1.54) is 11.6 Å². The van der Waals surface area contributed by atoms with Gasteiger partial charge in [0.1, 0.15) is 5.75 Å². The molecule has 2 nitrogen and oxygen atoms in total. The largest absolute Gasteiger partial charge is 0.423 e. The molecule has 2 rings (SSSR count). The van der Waals surface area contributed by atoms with Crippen LogP contribution in [0.25, 0.3) is 6.08 Å². The van der Waals surface area contributed by atoms with Gasteiger partial charge >= 0.3 is 5.97 Å². The molecular weight excluding hydrogens is 236 g/mol. The molecule has 96 valence electrons. The molecule has 19 heavy (non-hydrogen) atoms. The second-order valence-corrected chi connectivity index (χ2v) is 4.43. The van der Waals surface area contributed by atoms with Crippen molar-refractivity contribution in [1.82, 2.24) is 0 Å². The lowest BCUT2D eigenvalue weighted by Gasteiger charge is -2.04. The van der Waals surface area contributed by atoms with E-state index in [1.807, 2.05) is 56.3 Å². The Labute approximate surface area is 113 Å². The molecule has 0 aliphatic carbocycles. The average molecular weight is 252 g/mol. The van der Waals surface area contributed by atoms with Gasteiger partial charge < -0.3 is 4.74 Å². The molecule has 0 amide bonds. The maximum absolute atomic E-state index is 11.7. The molecule has 2 aromatic carbocycles. The zero-order valence-corrected chi connectivity index (χ0v) is 11.1. The summed E-state index contributed by atoms with van der Waals surface area (Å²) in [5.41, 5.74) is 3.12. The van der Waals surface area contributed by atoms with Gasteiger partial charge in [-0.05, 0) is 37.1 Å². The van der Waals surface area contributed by atoms with Gasteiger partial charge in [0.15, 0.2) is 0 Å². The SMILES string of the molecule is Cc1ccc(C=CC(=O)Oc2ccccc2C)cc1. The Balaban J connectivity index is 2.02. The molecule has 0 atom stereocenters. The molecule has 0 saturated heterocycles. The average Bonchev–Trinajstić information content (AvgIpc) is 2.41. The maximum atomic E-state index is 11.7. The molecule has 0 aliphatic rings. The van der Waals surface area contributed by atoms with Crippen molar-refractivity contribution in [2.45, 2.75) is 13.8 Å². The summed E-state index contributed by atoms with van der Waals surface area (Å²) < 4.78 is 5.26. The molecular formula is C17H16O2. The van der Waals surface area contributed by atoms with E-state index >= 15 is 0 Å². The van der Waals surface area contributed by atoms with Crippen LogP contribution in [0.5, 0.6) is 5.75 Å². The first-order chi connectivity index (χ1) is 9.15. The number of rotatable bonds is 3. The van der Waals surface area contributed by atoms with Gasteiger partial charge in [-0.25, -0.2) is 4.79 Å². The molecule has 0 saturated carbocycles. The minimum absolute atomic E-state index is 0.366. The lowest BCUT2D eigenvalue weighted by atomic mass is 10.1. The van der Waals surface area contributed by atoms with E-state index in [1.54, 1.807) is 12.1 Å². The number of aryl methyl sites for hydroxylation is 2. The third kappa shape index (κ3) is 3.81. The molecule has 2 heteroatoms. The van der Waals surface area contributed by atoms with E-state index in [4.69, 9.17) is 4.74 Å². The Kier molecular flexibility index (Phi) is 4.14. The first-order valence-corrected chi connectivity index (χ1v) is 6.17. The number of carbonyl (C=O) groups is 1. The second-order valence-electron chi connectivity index (χ2n) is 4.43. The molecule has 0 aliphatic heterocycles. The van der Waals surface area contributed by atoms with Gasteiger partial charge in [0, 0.05) is 6.08 Å². The standard InChI is InChI=1S/C17H16O2/c1-13-7-9-15(10-8-13)11-12-17(18)19-16-6-4-3-5-14(16)2/h3-12H,1-2H3. The van der Waals surface area contributed by atoms with Crippen molar-refractivity contribution < 1.29 is 9.53 Å². The predicted octanol–water partition coefficient (Wildman–Crippen LogP) is 3.92. The van der Waals surface area contributed by atoms with Crippen LogP contribution in [0.15, 0.2) is 54.6 Å². The van der Waals surface area contributed by atoms with E-state index < -0.39 is 0 Å². The van der Waals surface area contributed by atoms with E-state index in [0.717, 1.165) is 11.1 Å². The van der Waals surface area contributed by atoms with Crippen LogP contribution in [-0.2, 0) is 4.79 Å². The number of carbonyl (C=O) groups excluding carboxylic acids is 1. The van der Waals surface area contributed by atoms with Gasteiger partial charge in [0.2, 0.25) is 0 Å². The Morgan fingerprint density at radius 2 is 1.68 bits per heavy atom. The van der Waals surface area contributed by atoms with Crippen molar-refractivity contribution in [1.29, 1.82) is 0 Å². The quantitative estimate of drug-likeness (QED) is 0.470. The van der Waals surface area contributed by atoms with Crippen molar-refractivity contribution in [2.24, 2.45) is 0 Å². The highest BCUT2D eigenvalue weighted by molar-refractivity contribution is 5.88. The van der Waals surface area contributed by atoms with Crippen molar-refractivity contribution >= 4 is 12.0 Å². The summed E-state index contributed by atoms with van der Waals surface area (Å²) in [6.45, 7) is 3.94. The molecule has 0 aromatic heterocycles. The van der Waals surface area contributed by atoms with E-state index in [-0.39, 0.29) is 5.97 Å². The molecule has 0 heterocycles. The lowest BCUT2D eigenvalue weighted by molar-refractivity contribution is -0.128. The van der Waals surface area contributed by atoms with Crippen LogP contribution in [0.4, 0.5) is 0 Å². The molecule has 2 aromatic rings. The number of benzene rings is 2. The number of hydrogen-bond donors (Lipinski definition) is 0. The van der Waals surface area contributed by atoms with Crippen molar-refractivity contribution in [3.63, 3.8) is 0 Å². The van der Waals surface area contributed by atoms with E-state index in [2.05, 4.69) is 0 Å². The highest BCUT2D eigenvalue weighted by atomic mass is 16.5. The van der Waals surface area contributed by atoms with Gasteiger partial charge in [-0.2, -0.15) is 0 Å². The number of esters is 1. The molecule has 0 fully saturated rings. The fraction of sp³-hybridized carbons (Fsp3) is 0.118. The second kappa shape index (κ2) is 6.01. The van der Waals surface area contributed by atoms with E-state index in [0.29, 0.717) is 5.75 Å². The zero-order valence-electron chi connectivity index (χ0n) is 11.1. The van der Waals surface area contributed by atoms with Crippen LogP contribution in [0, 0.1) is 13.8 Å². The van der Waals surface area contributed by atoms with Crippen LogP contribution in [-0.4, -0.2) is 5.97 Å². The summed E-state index contributed by atoms with van der Waals surface area (Å²) >= 11 is 0. The number of para-hydroxylation sites is 1. The topological polar surface area (TPSA) is 26.3 Å². The first kappa shape index (κ1) is 13.1. The summed E-state index contributed by atoms with van der Waals surface area (Å²) in [5.74, 6) is 0.232. The van der Waals surface area contributed by atoms with Crippen LogP contribution in [0.3, 0.4) is 0 Å². The van der Waals surface area contributed by atoms with Gasteiger partial charge in [-0.3, -0.25) is 0 Å². The molecule has 0 N–H and O–H groups in total. The number of hydrogen-bond acceptors (Lipinski definition) is 2. The Bertz CT molecular complexity index is 595. The summed E-state index contributed by atoms with van der Waals surface area (Å²) in [4.78, 5) is 11.7. The summed E-state index contributed by atoms with van der Waals surface area (Å²) in [6.07, 6.45) is 3.19. The molecule has 0 unspecified atom stereocenters. The van der Waals surface area contributed by atoms with Crippen molar-refractivity contribution in [3.8, 4) is 5.75 Å². The van der Waals surface area contributed by atoms with Gasteiger partial charge in [0.05, 0.1) is 0 Å². The first-order valence-electron chi connectivity index (χ1n) is 6.17. The minimum Gasteiger partial charge on any atom is -0.423 e. The molecule has 0 bridgehead atoms. The van der Waals surface area contributed by atoms with Gasteiger partial charge in [0.25, 0.3) is 0 Å². The molecule has 0 radical (unpaired) electrons. The maximum Gasteiger partial charge on any atom is 0.336 e. The monoisotopic (exact) mass is 252 g/mol. The smallest absolute Gasteiger partial charge is 0.336 e. The van der Waals surface area contributed by atoms with Gasteiger partial charge in [-0.1, -0.05) is 48.0 Å². The highest BCUT2D eigenvalue weighted by Crippen LogP contribution is 2.16. The van der Waals surface area contributed by atoms with Crippen LogP contribution < -0.4 is 4.74 Å². The fourth-order valence-corrected chi connectivity index (χ4v) is 1.66.